The maximum absolute atomic E-state index is 12.7. The first-order valence-corrected chi connectivity index (χ1v) is 7.36. The summed E-state index contributed by atoms with van der Waals surface area (Å²) in [6, 6.07) is 2.86. The number of aromatic nitrogens is 1. The first-order valence-electron chi connectivity index (χ1n) is 6.98. The van der Waals surface area contributed by atoms with Crippen LogP contribution in [0.4, 0.5) is 0 Å². The topological polar surface area (TPSA) is 37.3 Å². The number of halogens is 1. The Kier molecular flexibility index (Phi) is 3.31. The van der Waals surface area contributed by atoms with Crippen LogP contribution < -0.4 is 5.32 Å². The molecule has 1 aliphatic carbocycles. The number of hydrogen-bond donors (Lipinski definition) is 1. The maximum Gasteiger partial charge on any atom is 0.270 e. The van der Waals surface area contributed by atoms with Crippen molar-refractivity contribution in [3.8, 4) is 0 Å². The molecule has 0 radical (unpaired) electrons. The second-order valence-corrected chi connectivity index (χ2v) is 6.23. The summed E-state index contributed by atoms with van der Waals surface area (Å²) >= 11 is 6.08. The SMILES string of the molecule is CC1CN(C(=O)c2cc(Cl)cn2C2CC2)C(C)CN1. The van der Waals surface area contributed by atoms with E-state index in [2.05, 4.69) is 23.7 Å². The molecule has 2 heterocycles. The summed E-state index contributed by atoms with van der Waals surface area (Å²) in [5.41, 5.74) is 0.744. The number of piperazine rings is 1. The fourth-order valence-electron chi connectivity index (χ4n) is 2.72. The van der Waals surface area contributed by atoms with Crippen molar-refractivity contribution in [1.29, 1.82) is 0 Å². The molecule has 1 N–H and O–H groups in total. The Morgan fingerprint density at radius 3 is 2.84 bits per heavy atom. The Balaban J connectivity index is 1.86. The third-order valence-corrected chi connectivity index (χ3v) is 4.21. The predicted molar refractivity (Wildman–Crippen MR) is 75.7 cm³/mol. The Labute approximate surface area is 118 Å². The van der Waals surface area contributed by atoms with Crippen LogP contribution in [0, 0.1) is 0 Å². The summed E-state index contributed by atoms with van der Waals surface area (Å²) in [5.74, 6) is 0.111. The molecule has 2 fully saturated rings. The van der Waals surface area contributed by atoms with Gasteiger partial charge in [0, 0.05) is 37.4 Å². The fraction of sp³-hybridized carbons (Fsp3) is 0.643. The third-order valence-electron chi connectivity index (χ3n) is 4.00. The van der Waals surface area contributed by atoms with E-state index in [1.165, 1.54) is 0 Å². The van der Waals surface area contributed by atoms with E-state index in [0.29, 0.717) is 17.1 Å². The molecule has 2 atom stereocenters. The standard InChI is InChI=1S/C14H20ClN3O/c1-9-7-17(10(2)6-16-9)14(19)13-5-11(15)8-18(13)12-3-4-12/h5,8-10,12,16H,3-4,6-7H2,1-2H3. The highest BCUT2D eigenvalue weighted by Gasteiger charge is 2.32. The molecule has 1 aromatic heterocycles. The third kappa shape index (κ3) is 2.51. The Bertz CT molecular complexity index is 495. The summed E-state index contributed by atoms with van der Waals surface area (Å²) in [6.07, 6.45) is 4.19. The van der Waals surface area contributed by atoms with Crippen molar-refractivity contribution < 1.29 is 4.79 Å². The lowest BCUT2D eigenvalue weighted by Crippen LogP contribution is -2.56. The minimum Gasteiger partial charge on any atom is -0.339 e. The molecule has 1 saturated heterocycles. The highest BCUT2D eigenvalue weighted by atomic mass is 35.5. The molecule has 1 amide bonds. The van der Waals surface area contributed by atoms with E-state index >= 15 is 0 Å². The largest absolute Gasteiger partial charge is 0.339 e. The van der Waals surface area contributed by atoms with E-state index in [-0.39, 0.29) is 11.9 Å². The zero-order chi connectivity index (χ0) is 13.6. The van der Waals surface area contributed by atoms with Crippen LogP contribution in [0.3, 0.4) is 0 Å². The molecule has 1 saturated carbocycles. The average Bonchev–Trinajstić information content (AvgIpc) is 3.15. The zero-order valence-electron chi connectivity index (χ0n) is 11.4. The van der Waals surface area contributed by atoms with Crippen LogP contribution in [0.15, 0.2) is 12.3 Å². The van der Waals surface area contributed by atoms with Crippen molar-refractivity contribution in [2.75, 3.05) is 13.1 Å². The monoisotopic (exact) mass is 281 g/mol. The van der Waals surface area contributed by atoms with Crippen LogP contribution in [0.5, 0.6) is 0 Å². The quantitative estimate of drug-likeness (QED) is 0.903. The van der Waals surface area contributed by atoms with Gasteiger partial charge in [-0.15, -0.1) is 0 Å². The summed E-state index contributed by atoms with van der Waals surface area (Å²) in [4.78, 5) is 14.7. The minimum atomic E-state index is 0.111. The Morgan fingerprint density at radius 1 is 1.42 bits per heavy atom. The molecule has 0 aromatic carbocycles. The van der Waals surface area contributed by atoms with Gasteiger partial charge in [-0.3, -0.25) is 4.79 Å². The smallest absolute Gasteiger partial charge is 0.270 e. The fourth-order valence-corrected chi connectivity index (χ4v) is 2.93. The molecule has 2 unspecified atom stereocenters. The van der Waals surface area contributed by atoms with Crippen molar-refractivity contribution in [2.45, 2.75) is 44.8 Å². The van der Waals surface area contributed by atoms with E-state index in [1.807, 2.05) is 17.2 Å². The molecule has 19 heavy (non-hydrogen) atoms. The molecular formula is C14H20ClN3O. The number of carbonyl (C=O) groups is 1. The van der Waals surface area contributed by atoms with Crippen molar-refractivity contribution >= 4 is 17.5 Å². The van der Waals surface area contributed by atoms with Gasteiger partial charge in [0.2, 0.25) is 0 Å². The van der Waals surface area contributed by atoms with Crippen LogP contribution in [-0.4, -0.2) is 40.5 Å². The molecule has 0 bridgehead atoms. The molecule has 0 spiro atoms. The number of hydrogen-bond acceptors (Lipinski definition) is 2. The highest BCUT2D eigenvalue weighted by molar-refractivity contribution is 6.31. The molecule has 3 rings (SSSR count). The lowest BCUT2D eigenvalue weighted by molar-refractivity contribution is 0.0605. The van der Waals surface area contributed by atoms with Gasteiger partial charge >= 0.3 is 0 Å². The number of rotatable bonds is 2. The van der Waals surface area contributed by atoms with E-state index in [1.54, 1.807) is 0 Å². The van der Waals surface area contributed by atoms with Crippen molar-refractivity contribution in [2.24, 2.45) is 0 Å². The van der Waals surface area contributed by atoms with Crippen LogP contribution in [0.2, 0.25) is 5.02 Å². The number of amides is 1. The first-order chi connectivity index (χ1) is 9.06. The van der Waals surface area contributed by atoms with Crippen LogP contribution in [-0.2, 0) is 0 Å². The van der Waals surface area contributed by atoms with Gasteiger partial charge < -0.3 is 14.8 Å². The Hall–Kier alpha value is -1.00. The van der Waals surface area contributed by atoms with Gasteiger partial charge in [-0.25, -0.2) is 0 Å². The van der Waals surface area contributed by atoms with E-state index in [4.69, 9.17) is 11.6 Å². The lowest BCUT2D eigenvalue weighted by atomic mass is 10.1. The Morgan fingerprint density at radius 2 is 2.16 bits per heavy atom. The normalized spacial score (nSPS) is 27.6. The van der Waals surface area contributed by atoms with Crippen molar-refractivity contribution in [3.63, 3.8) is 0 Å². The summed E-state index contributed by atoms with van der Waals surface area (Å²) in [5, 5.41) is 4.05. The summed E-state index contributed by atoms with van der Waals surface area (Å²) < 4.78 is 2.06. The summed E-state index contributed by atoms with van der Waals surface area (Å²) in [7, 11) is 0. The molecule has 104 valence electrons. The van der Waals surface area contributed by atoms with Crippen LogP contribution in [0.25, 0.3) is 0 Å². The van der Waals surface area contributed by atoms with Gasteiger partial charge in [0.05, 0.1) is 5.02 Å². The number of carbonyl (C=O) groups excluding carboxylic acids is 1. The van der Waals surface area contributed by atoms with Gasteiger partial charge in [-0.2, -0.15) is 0 Å². The van der Waals surface area contributed by atoms with E-state index in [9.17, 15) is 4.79 Å². The van der Waals surface area contributed by atoms with Gasteiger partial charge in [0.15, 0.2) is 0 Å². The second kappa shape index (κ2) is 4.84. The molecule has 5 heteroatoms. The second-order valence-electron chi connectivity index (χ2n) is 5.80. The first kappa shape index (κ1) is 13.0. The van der Waals surface area contributed by atoms with Gasteiger partial charge in [0.1, 0.15) is 5.69 Å². The van der Waals surface area contributed by atoms with Crippen molar-refractivity contribution in [3.05, 3.63) is 23.0 Å². The molecule has 1 aromatic rings. The van der Waals surface area contributed by atoms with Crippen LogP contribution >= 0.6 is 11.6 Å². The molecule has 2 aliphatic rings. The average molecular weight is 282 g/mol. The van der Waals surface area contributed by atoms with Gasteiger partial charge in [0.25, 0.3) is 5.91 Å². The number of nitrogens with zero attached hydrogens (tertiary/aromatic N) is 2. The summed E-state index contributed by atoms with van der Waals surface area (Å²) in [6.45, 7) is 5.81. The lowest BCUT2D eigenvalue weighted by Gasteiger charge is -2.37. The zero-order valence-corrected chi connectivity index (χ0v) is 12.2. The maximum atomic E-state index is 12.7. The molecular weight excluding hydrogens is 262 g/mol. The molecule has 1 aliphatic heterocycles. The van der Waals surface area contributed by atoms with Gasteiger partial charge in [-0.1, -0.05) is 11.6 Å². The predicted octanol–water partition coefficient (Wildman–Crippen LogP) is 2.30. The highest BCUT2D eigenvalue weighted by Crippen LogP contribution is 2.37. The minimum absolute atomic E-state index is 0.111. The van der Waals surface area contributed by atoms with Crippen LogP contribution in [0.1, 0.15) is 43.2 Å². The van der Waals surface area contributed by atoms with E-state index < -0.39 is 0 Å². The van der Waals surface area contributed by atoms with Gasteiger partial charge in [-0.05, 0) is 32.8 Å². The van der Waals surface area contributed by atoms with Crippen molar-refractivity contribution in [1.82, 2.24) is 14.8 Å². The number of nitrogens with one attached hydrogen (secondary N) is 1. The molecule has 4 nitrogen and oxygen atoms in total. The van der Waals surface area contributed by atoms with E-state index in [0.717, 1.165) is 31.6 Å².